The van der Waals surface area contributed by atoms with Crippen molar-refractivity contribution in [3.63, 3.8) is 0 Å². The number of guanidine groups is 1. The molecule has 24 heavy (non-hydrogen) atoms. The van der Waals surface area contributed by atoms with Crippen molar-refractivity contribution in [2.45, 2.75) is 45.7 Å². The Kier molecular flexibility index (Phi) is 5.82. The molecule has 1 aromatic heterocycles. The number of nitrogens with zero attached hydrogens (tertiary/aromatic N) is 4. The largest absolute Gasteiger partial charge is 0.357 e. The number of fused-ring (bicyclic) bond motifs is 1. The molecule has 0 spiro atoms. The van der Waals surface area contributed by atoms with E-state index in [1.54, 1.807) is 0 Å². The van der Waals surface area contributed by atoms with Crippen molar-refractivity contribution >= 4 is 5.96 Å². The van der Waals surface area contributed by atoms with Gasteiger partial charge in [0.15, 0.2) is 11.8 Å². The number of hydrogen-bond donors (Lipinski definition) is 2. The van der Waals surface area contributed by atoms with E-state index in [-0.39, 0.29) is 0 Å². The van der Waals surface area contributed by atoms with E-state index in [4.69, 9.17) is 0 Å². The summed E-state index contributed by atoms with van der Waals surface area (Å²) in [6.07, 6.45) is 4.43. The second kappa shape index (κ2) is 8.47. The molecule has 2 heterocycles. The fourth-order valence-electron chi connectivity index (χ4n) is 2.95. The fraction of sp³-hybridized carbons (Fsp3) is 0.500. The van der Waals surface area contributed by atoms with Crippen molar-refractivity contribution in [2.75, 3.05) is 13.1 Å². The first kappa shape index (κ1) is 16.5. The summed E-state index contributed by atoms with van der Waals surface area (Å²) in [5, 5.41) is 15.3. The van der Waals surface area contributed by atoms with E-state index in [2.05, 4.69) is 61.6 Å². The van der Waals surface area contributed by atoms with Gasteiger partial charge in [-0.2, -0.15) is 0 Å². The van der Waals surface area contributed by atoms with Crippen LogP contribution < -0.4 is 10.6 Å². The van der Waals surface area contributed by atoms with Crippen molar-refractivity contribution in [3.05, 3.63) is 47.5 Å². The van der Waals surface area contributed by atoms with E-state index in [1.807, 2.05) is 6.07 Å². The maximum absolute atomic E-state index is 4.67. The SMILES string of the molecule is CCNC(=NCc1nnc2n1CCCC2)NCCc1ccccc1. The average Bonchev–Trinajstić information content (AvgIpc) is 3.04. The fourth-order valence-corrected chi connectivity index (χ4v) is 2.95. The molecule has 0 aliphatic carbocycles. The molecule has 0 saturated carbocycles. The summed E-state index contributed by atoms with van der Waals surface area (Å²) in [4.78, 5) is 4.67. The maximum Gasteiger partial charge on any atom is 0.191 e. The Balaban J connectivity index is 1.56. The third-order valence-corrected chi connectivity index (χ3v) is 4.21. The van der Waals surface area contributed by atoms with Gasteiger partial charge in [-0.3, -0.25) is 0 Å². The Morgan fingerprint density at radius 3 is 2.88 bits per heavy atom. The van der Waals surface area contributed by atoms with Gasteiger partial charge in [0.2, 0.25) is 0 Å². The molecule has 0 amide bonds. The van der Waals surface area contributed by atoms with Gasteiger partial charge in [0, 0.05) is 26.1 Å². The van der Waals surface area contributed by atoms with Gasteiger partial charge in [0.05, 0.1) is 0 Å². The predicted octanol–water partition coefficient (Wildman–Crippen LogP) is 1.91. The minimum atomic E-state index is 0.563. The third kappa shape index (κ3) is 4.34. The molecule has 1 aliphatic heterocycles. The topological polar surface area (TPSA) is 67.1 Å². The van der Waals surface area contributed by atoms with Crippen LogP contribution in [0, 0.1) is 0 Å². The number of hydrogen-bond acceptors (Lipinski definition) is 3. The van der Waals surface area contributed by atoms with Gasteiger partial charge < -0.3 is 15.2 Å². The molecule has 0 atom stereocenters. The van der Waals surface area contributed by atoms with E-state index >= 15 is 0 Å². The van der Waals surface area contributed by atoms with Crippen molar-refractivity contribution < 1.29 is 0 Å². The second-order valence-electron chi connectivity index (χ2n) is 6.00. The summed E-state index contributed by atoms with van der Waals surface area (Å²) in [5.74, 6) is 2.90. The van der Waals surface area contributed by atoms with Gasteiger partial charge >= 0.3 is 0 Å². The molecule has 2 N–H and O–H groups in total. The zero-order valence-corrected chi connectivity index (χ0v) is 14.3. The molecule has 0 radical (unpaired) electrons. The lowest BCUT2D eigenvalue weighted by Crippen LogP contribution is -2.38. The molecule has 0 unspecified atom stereocenters. The van der Waals surface area contributed by atoms with Crippen LogP contribution in [0.25, 0.3) is 0 Å². The number of aryl methyl sites for hydroxylation is 1. The summed E-state index contributed by atoms with van der Waals surface area (Å²) in [5.41, 5.74) is 1.33. The second-order valence-corrected chi connectivity index (χ2v) is 6.00. The molecule has 0 fully saturated rings. The normalized spacial score (nSPS) is 14.3. The molecule has 0 saturated heterocycles. The van der Waals surface area contributed by atoms with E-state index < -0.39 is 0 Å². The Labute approximate surface area is 143 Å². The number of rotatable bonds is 6. The van der Waals surface area contributed by atoms with Crippen molar-refractivity contribution in [2.24, 2.45) is 4.99 Å². The molecule has 1 aliphatic rings. The highest BCUT2D eigenvalue weighted by atomic mass is 15.3. The van der Waals surface area contributed by atoms with E-state index in [9.17, 15) is 0 Å². The molecule has 3 rings (SSSR count). The van der Waals surface area contributed by atoms with Gasteiger partial charge in [-0.25, -0.2) is 4.99 Å². The van der Waals surface area contributed by atoms with Crippen molar-refractivity contribution in [3.8, 4) is 0 Å². The molecule has 6 heteroatoms. The van der Waals surface area contributed by atoms with Crippen LogP contribution in [0.1, 0.15) is 37.0 Å². The monoisotopic (exact) mass is 326 g/mol. The molecule has 6 nitrogen and oxygen atoms in total. The summed E-state index contributed by atoms with van der Waals surface area (Å²) >= 11 is 0. The number of benzene rings is 1. The average molecular weight is 326 g/mol. The maximum atomic E-state index is 4.67. The van der Waals surface area contributed by atoms with E-state index in [0.717, 1.165) is 50.1 Å². The lowest BCUT2D eigenvalue weighted by molar-refractivity contribution is 0.508. The third-order valence-electron chi connectivity index (χ3n) is 4.21. The standard InChI is InChI=1S/C18H26N6/c1-2-19-18(20-12-11-15-8-4-3-5-9-15)21-14-17-23-22-16-10-6-7-13-24(16)17/h3-5,8-9H,2,6-7,10-14H2,1H3,(H2,19,20,21). The van der Waals surface area contributed by atoms with Crippen molar-refractivity contribution in [1.82, 2.24) is 25.4 Å². The molecule has 1 aromatic carbocycles. The van der Waals surface area contributed by atoms with Gasteiger partial charge in [-0.1, -0.05) is 30.3 Å². The number of nitrogens with one attached hydrogen (secondary N) is 2. The van der Waals surface area contributed by atoms with Gasteiger partial charge in [-0.05, 0) is 31.7 Å². The summed E-state index contributed by atoms with van der Waals surface area (Å²) in [7, 11) is 0. The first-order valence-corrected chi connectivity index (χ1v) is 8.84. The minimum Gasteiger partial charge on any atom is -0.357 e. The Morgan fingerprint density at radius 1 is 1.17 bits per heavy atom. The van der Waals surface area contributed by atoms with Crippen LogP contribution in [-0.2, 0) is 25.9 Å². The zero-order chi connectivity index (χ0) is 16.6. The highest BCUT2D eigenvalue weighted by Gasteiger charge is 2.15. The number of aromatic nitrogens is 3. The predicted molar refractivity (Wildman–Crippen MR) is 95.9 cm³/mol. The summed E-state index contributed by atoms with van der Waals surface area (Å²) in [6.45, 7) is 5.36. The van der Waals surface area contributed by atoms with Gasteiger partial charge in [-0.15, -0.1) is 10.2 Å². The highest BCUT2D eigenvalue weighted by molar-refractivity contribution is 5.79. The Hall–Kier alpha value is -2.37. The van der Waals surface area contributed by atoms with E-state index in [0.29, 0.717) is 6.54 Å². The van der Waals surface area contributed by atoms with Crippen LogP contribution in [0.2, 0.25) is 0 Å². The zero-order valence-electron chi connectivity index (χ0n) is 14.3. The van der Waals surface area contributed by atoms with Crippen LogP contribution in [0.15, 0.2) is 35.3 Å². The van der Waals surface area contributed by atoms with Gasteiger partial charge in [0.25, 0.3) is 0 Å². The molecule has 2 aromatic rings. The highest BCUT2D eigenvalue weighted by Crippen LogP contribution is 2.14. The molecule has 128 valence electrons. The lowest BCUT2D eigenvalue weighted by atomic mass is 10.1. The van der Waals surface area contributed by atoms with Crippen LogP contribution in [0.4, 0.5) is 0 Å². The first-order valence-electron chi connectivity index (χ1n) is 8.84. The minimum absolute atomic E-state index is 0.563. The quantitative estimate of drug-likeness (QED) is 0.629. The van der Waals surface area contributed by atoms with E-state index in [1.165, 1.54) is 18.4 Å². The molecule has 0 bridgehead atoms. The Morgan fingerprint density at radius 2 is 2.04 bits per heavy atom. The summed E-state index contributed by atoms with van der Waals surface area (Å²) in [6, 6.07) is 10.5. The molecular weight excluding hydrogens is 300 g/mol. The Bertz CT molecular complexity index is 661. The smallest absolute Gasteiger partial charge is 0.191 e. The van der Waals surface area contributed by atoms with Crippen LogP contribution in [-0.4, -0.2) is 33.8 Å². The van der Waals surface area contributed by atoms with Crippen LogP contribution >= 0.6 is 0 Å². The van der Waals surface area contributed by atoms with Crippen LogP contribution in [0.5, 0.6) is 0 Å². The summed E-state index contributed by atoms with van der Waals surface area (Å²) < 4.78 is 2.22. The van der Waals surface area contributed by atoms with Crippen molar-refractivity contribution in [1.29, 1.82) is 0 Å². The molecular formula is C18H26N6. The lowest BCUT2D eigenvalue weighted by Gasteiger charge is -2.14. The van der Waals surface area contributed by atoms with Gasteiger partial charge in [0.1, 0.15) is 12.4 Å². The first-order chi connectivity index (χ1) is 11.9. The van der Waals surface area contributed by atoms with Crippen LogP contribution in [0.3, 0.4) is 0 Å². The number of aliphatic imine (C=N–C) groups is 1.